The van der Waals surface area contributed by atoms with Gasteiger partial charge < -0.3 is 20.1 Å². The molecule has 0 fully saturated rings. The number of carbonyl (C=O) groups is 1. The van der Waals surface area contributed by atoms with Crippen LogP contribution in [0.5, 0.6) is 0 Å². The molecule has 1 atom stereocenters. The molecule has 1 unspecified atom stereocenters. The minimum absolute atomic E-state index is 0.260. The van der Waals surface area contributed by atoms with E-state index in [9.17, 15) is 4.79 Å². The highest BCUT2D eigenvalue weighted by Crippen LogP contribution is 2.06. The maximum absolute atomic E-state index is 11.5. The van der Waals surface area contributed by atoms with Crippen molar-refractivity contribution in [2.45, 2.75) is 51.8 Å². The molecule has 1 aromatic heterocycles. The van der Waals surface area contributed by atoms with Crippen molar-refractivity contribution in [3.8, 4) is 0 Å². The third kappa shape index (κ3) is 9.91. The fraction of sp³-hybridized carbons (Fsp3) is 0.750. The van der Waals surface area contributed by atoms with Gasteiger partial charge in [-0.25, -0.2) is 4.79 Å². The first-order valence-corrected chi connectivity index (χ1v) is 8.07. The topological polar surface area (TPSA) is 77.4 Å². The summed E-state index contributed by atoms with van der Waals surface area (Å²) < 4.78 is 12.3. The Morgan fingerprint density at radius 3 is 2.74 bits per heavy atom. The Morgan fingerprint density at radius 1 is 1.35 bits per heavy atom. The van der Waals surface area contributed by atoms with Crippen LogP contribution in [0.1, 0.15) is 33.6 Å². The molecule has 1 heterocycles. The van der Waals surface area contributed by atoms with Crippen LogP contribution >= 0.6 is 0 Å². The number of aromatic nitrogens is 2. The molecule has 0 spiro atoms. The highest BCUT2D eigenvalue weighted by atomic mass is 16.6. The van der Waals surface area contributed by atoms with E-state index in [-0.39, 0.29) is 12.1 Å². The molecule has 1 rings (SSSR count). The quantitative estimate of drug-likeness (QED) is 0.641. The number of nitrogens with one attached hydrogen (secondary N) is 2. The molecule has 0 aromatic carbocycles. The zero-order valence-electron chi connectivity index (χ0n) is 14.7. The van der Waals surface area contributed by atoms with Crippen molar-refractivity contribution in [1.29, 1.82) is 0 Å². The highest BCUT2D eigenvalue weighted by molar-refractivity contribution is 5.67. The van der Waals surface area contributed by atoms with Gasteiger partial charge in [0.1, 0.15) is 5.60 Å². The molecule has 0 bridgehead atoms. The summed E-state index contributed by atoms with van der Waals surface area (Å²) in [4.78, 5) is 11.5. The molecule has 0 saturated carbocycles. The molecule has 0 radical (unpaired) electrons. The minimum atomic E-state index is -0.462. The summed E-state index contributed by atoms with van der Waals surface area (Å²) in [6.07, 6.45) is 5.13. The highest BCUT2D eigenvalue weighted by Gasteiger charge is 2.15. The summed E-state index contributed by atoms with van der Waals surface area (Å²) in [7, 11) is 1.70. The minimum Gasteiger partial charge on any atom is -0.444 e. The van der Waals surface area contributed by atoms with E-state index in [4.69, 9.17) is 9.47 Å². The van der Waals surface area contributed by atoms with Crippen LogP contribution in [0, 0.1) is 0 Å². The fourth-order valence-corrected chi connectivity index (χ4v) is 2.11. The lowest BCUT2D eigenvalue weighted by Gasteiger charge is -2.20. The van der Waals surface area contributed by atoms with Crippen LogP contribution in [0.15, 0.2) is 18.5 Å². The molecule has 132 valence electrons. The number of ether oxygens (including phenoxy) is 2. The Hall–Kier alpha value is -1.60. The van der Waals surface area contributed by atoms with Gasteiger partial charge in [-0.15, -0.1) is 0 Å². The van der Waals surface area contributed by atoms with Gasteiger partial charge in [-0.3, -0.25) is 4.68 Å². The molecule has 1 amide bonds. The molecule has 23 heavy (non-hydrogen) atoms. The van der Waals surface area contributed by atoms with E-state index >= 15 is 0 Å². The molecule has 0 aliphatic rings. The number of methoxy groups -OCH3 is 1. The lowest BCUT2D eigenvalue weighted by atomic mass is 10.1. The molecule has 1 aromatic rings. The number of nitrogens with zero attached hydrogens (tertiary/aromatic N) is 2. The Kier molecular flexibility index (Phi) is 8.65. The van der Waals surface area contributed by atoms with Crippen LogP contribution in [0.3, 0.4) is 0 Å². The van der Waals surface area contributed by atoms with E-state index in [0.29, 0.717) is 13.2 Å². The number of amides is 1. The summed E-state index contributed by atoms with van der Waals surface area (Å²) >= 11 is 0. The van der Waals surface area contributed by atoms with Crippen molar-refractivity contribution in [1.82, 2.24) is 20.4 Å². The summed E-state index contributed by atoms with van der Waals surface area (Å²) in [6.45, 7) is 8.44. The van der Waals surface area contributed by atoms with Gasteiger partial charge in [0.2, 0.25) is 0 Å². The molecule has 7 heteroatoms. The monoisotopic (exact) mass is 326 g/mol. The maximum Gasteiger partial charge on any atom is 0.407 e. The van der Waals surface area contributed by atoms with Gasteiger partial charge in [0.25, 0.3) is 0 Å². The maximum atomic E-state index is 11.5. The van der Waals surface area contributed by atoms with Crippen LogP contribution in [-0.2, 0) is 16.0 Å². The van der Waals surface area contributed by atoms with Gasteiger partial charge in [-0.1, -0.05) is 0 Å². The van der Waals surface area contributed by atoms with Gasteiger partial charge in [0.15, 0.2) is 0 Å². The summed E-state index contributed by atoms with van der Waals surface area (Å²) in [5, 5.41) is 10.4. The third-order valence-corrected chi connectivity index (χ3v) is 3.10. The predicted molar refractivity (Wildman–Crippen MR) is 89.4 cm³/mol. The smallest absolute Gasteiger partial charge is 0.407 e. The molecular weight excluding hydrogens is 296 g/mol. The first-order valence-electron chi connectivity index (χ1n) is 8.07. The number of carbonyl (C=O) groups excluding carboxylic acids is 1. The van der Waals surface area contributed by atoms with E-state index < -0.39 is 5.60 Å². The number of alkyl carbamates (subject to hydrolysis) is 1. The lowest BCUT2D eigenvalue weighted by molar-refractivity contribution is 0.0526. The fourth-order valence-electron chi connectivity index (χ4n) is 2.11. The van der Waals surface area contributed by atoms with Crippen molar-refractivity contribution in [3.05, 3.63) is 18.5 Å². The average molecular weight is 326 g/mol. The van der Waals surface area contributed by atoms with E-state index in [1.807, 2.05) is 37.7 Å². The van der Waals surface area contributed by atoms with Gasteiger partial charge >= 0.3 is 6.09 Å². The third-order valence-electron chi connectivity index (χ3n) is 3.10. The van der Waals surface area contributed by atoms with Crippen LogP contribution in [0.4, 0.5) is 4.79 Å². The van der Waals surface area contributed by atoms with Crippen LogP contribution in [-0.4, -0.2) is 54.3 Å². The van der Waals surface area contributed by atoms with Crippen LogP contribution < -0.4 is 10.6 Å². The first-order chi connectivity index (χ1) is 10.9. The normalized spacial score (nSPS) is 12.9. The largest absolute Gasteiger partial charge is 0.444 e. The Bertz CT molecular complexity index is 429. The first kappa shape index (κ1) is 19.4. The summed E-state index contributed by atoms with van der Waals surface area (Å²) in [5.41, 5.74) is -0.462. The van der Waals surface area contributed by atoms with Crippen LogP contribution in [0.2, 0.25) is 0 Å². The standard InChI is InChI=1S/C16H30N4O3/c1-16(2,3)23-15(21)18-8-5-7-14(13-22-4)17-10-12-20-11-6-9-19-20/h6,9,11,14,17H,5,7-8,10,12-13H2,1-4H3,(H,18,21). The van der Waals surface area contributed by atoms with Crippen LogP contribution in [0.25, 0.3) is 0 Å². The van der Waals surface area contributed by atoms with Crippen molar-refractivity contribution in [2.75, 3.05) is 26.8 Å². The van der Waals surface area contributed by atoms with Crippen molar-refractivity contribution < 1.29 is 14.3 Å². The van der Waals surface area contributed by atoms with Crippen molar-refractivity contribution >= 4 is 6.09 Å². The molecule has 7 nitrogen and oxygen atoms in total. The Balaban J connectivity index is 2.16. The number of rotatable bonds is 10. The SMILES string of the molecule is COCC(CCCNC(=O)OC(C)(C)C)NCCn1cccn1. The molecule has 0 aliphatic carbocycles. The predicted octanol–water partition coefficient (Wildman–Crippen LogP) is 1.79. The second-order valence-electron chi connectivity index (χ2n) is 6.45. The molecular formula is C16H30N4O3. The Labute approximate surface area is 138 Å². The van der Waals surface area contributed by atoms with E-state index in [0.717, 1.165) is 25.9 Å². The van der Waals surface area contributed by atoms with Gasteiger partial charge in [-0.2, -0.15) is 5.10 Å². The van der Waals surface area contributed by atoms with Gasteiger partial charge in [-0.05, 0) is 39.7 Å². The zero-order valence-corrected chi connectivity index (χ0v) is 14.7. The van der Waals surface area contributed by atoms with Gasteiger partial charge in [0, 0.05) is 38.6 Å². The van der Waals surface area contributed by atoms with E-state index in [2.05, 4.69) is 15.7 Å². The summed E-state index contributed by atoms with van der Waals surface area (Å²) in [5.74, 6) is 0. The second kappa shape index (κ2) is 10.2. The molecule has 2 N–H and O–H groups in total. The Morgan fingerprint density at radius 2 is 2.13 bits per heavy atom. The lowest BCUT2D eigenvalue weighted by Crippen LogP contribution is -2.37. The average Bonchev–Trinajstić information content (AvgIpc) is 2.94. The molecule has 0 aliphatic heterocycles. The number of hydrogen-bond donors (Lipinski definition) is 2. The molecule has 0 saturated heterocycles. The van der Waals surface area contributed by atoms with E-state index in [1.54, 1.807) is 13.3 Å². The zero-order chi connectivity index (χ0) is 17.1. The van der Waals surface area contributed by atoms with Crippen molar-refractivity contribution in [2.24, 2.45) is 0 Å². The van der Waals surface area contributed by atoms with Gasteiger partial charge in [0.05, 0.1) is 13.2 Å². The van der Waals surface area contributed by atoms with Crippen molar-refractivity contribution in [3.63, 3.8) is 0 Å². The summed E-state index contributed by atoms with van der Waals surface area (Å²) in [6, 6.07) is 2.17. The number of hydrogen-bond acceptors (Lipinski definition) is 5. The second-order valence-corrected chi connectivity index (χ2v) is 6.45. The van der Waals surface area contributed by atoms with E-state index in [1.165, 1.54) is 0 Å².